The van der Waals surface area contributed by atoms with E-state index >= 15 is 0 Å². The van der Waals surface area contributed by atoms with Gasteiger partial charge in [0, 0.05) is 37.4 Å². The van der Waals surface area contributed by atoms with E-state index in [4.69, 9.17) is 4.74 Å². The van der Waals surface area contributed by atoms with E-state index in [1.165, 1.54) is 12.8 Å². The summed E-state index contributed by atoms with van der Waals surface area (Å²) in [4.78, 5) is 19.4. The molecule has 25 heavy (non-hydrogen) atoms. The Morgan fingerprint density at radius 1 is 1.20 bits per heavy atom. The van der Waals surface area contributed by atoms with Crippen LogP contribution in [0.1, 0.15) is 36.0 Å². The predicted octanol–water partition coefficient (Wildman–Crippen LogP) is 1.77. The minimum Gasteiger partial charge on any atom is -0.378 e. The van der Waals surface area contributed by atoms with Crippen LogP contribution in [0.4, 0.5) is 5.82 Å². The van der Waals surface area contributed by atoms with Gasteiger partial charge in [0.05, 0.1) is 18.8 Å². The van der Waals surface area contributed by atoms with Crippen LogP contribution in [0, 0.1) is 0 Å². The Kier molecular flexibility index (Phi) is 7.31. The quantitative estimate of drug-likeness (QED) is 0.825. The number of hydrogen-bond donors (Lipinski definition) is 2. The monoisotopic (exact) mass is 388 g/mol. The van der Waals surface area contributed by atoms with E-state index in [1.807, 2.05) is 12.1 Å². The number of nitrogens with zero attached hydrogens (tertiary/aromatic N) is 2. The summed E-state index contributed by atoms with van der Waals surface area (Å²) in [5.74, 6) is 0.788. The molecule has 2 bridgehead atoms. The average molecular weight is 389 g/mol. The Labute approximate surface area is 160 Å². The number of anilines is 1. The van der Waals surface area contributed by atoms with Gasteiger partial charge in [0.25, 0.3) is 5.91 Å². The van der Waals surface area contributed by atoms with Gasteiger partial charge in [-0.15, -0.1) is 24.8 Å². The molecule has 0 aromatic carbocycles. The van der Waals surface area contributed by atoms with Gasteiger partial charge in [0.2, 0.25) is 0 Å². The van der Waals surface area contributed by atoms with E-state index in [-0.39, 0.29) is 36.8 Å². The Bertz CT molecular complexity index is 572. The van der Waals surface area contributed by atoms with E-state index in [9.17, 15) is 4.79 Å². The van der Waals surface area contributed by atoms with Crippen LogP contribution in [0.15, 0.2) is 18.3 Å². The summed E-state index contributed by atoms with van der Waals surface area (Å²) in [5, 5.41) is 6.85. The number of aromatic nitrogens is 1. The number of carbonyl (C=O) groups is 1. The molecule has 8 heteroatoms. The van der Waals surface area contributed by atoms with Crippen LogP contribution in [0.2, 0.25) is 0 Å². The third-order valence-corrected chi connectivity index (χ3v) is 5.15. The zero-order valence-electron chi connectivity index (χ0n) is 14.1. The number of carbonyl (C=O) groups excluding carboxylic acids is 1. The van der Waals surface area contributed by atoms with Crippen molar-refractivity contribution in [3.05, 3.63) is 23.9 Å². The largest absolute Gasteiger partial charge is 0.378 e. The molecule has 3 aliphatic heterocycles. The highest BCUT2D eigenvalue weighted by Crippen LogP contribution is 2.27. The van der Waals surface area contributed by atoms with E-state index in [2.05, 4.69) is 20.5 Å². The molecule has 3 fully saturated rings. The summed E-state index contributed by atoms with van der Waals surface area (Å²) in [6, 6.07) is 5.14. The number of ether oxygens (including phenoxy) is 1. The molecular weight excluding hydrogens is 363 g/mol. The predicted molar refractivity (Wildman–Crippen MR) is 102 cm³/mol. The molecule has 6 nitrogen and oxygen atoms in total. The molecule has 0 saturated carbocycles. The lowest BCUT2D eigenvalue weighted by Gasteiger charge is -2.31. The van der Waals surface area contributed by atoms with Crippen molar-refractivity contribution < 1.29 is 9.53 Å². The number of halogens is 2. The molecule has 1 amide bonds. The minimum absolute atomic E-state index is 0. The van der Waals surface area contributed by atoms with Crippen LogP contribution >= 0.6 is 24.8 Å². The van der Waals surface area contributed by atoms with Gasteiger partial charge in [-0.1, -0.05) is 0 Å². The number of pyridine rings is 1. The Balaban J connectivity index is 0.00000113. The molecule has 1 aromatic heterocycles. The number of morpholine rings is 1. The molecule has 0 aliphatic carbocycles. The zero-order chi connectivity index (χ0) is 15.6. The topological polar surface area (TPSA) is 66.5 Å². The standard InChI is InChI=1S/C17H24N4O2.2ClH/c22-17(20-14-10-12-3-4-13(11-14)19-12)15-2-1-5-18-16(15)21-6-8-23-9-7-21;;/h1-2,5,12-14,19H,3-4,6-11H2,(H,20,22);2*1H. The molecule has 1 aromatic rings. The molecular formula is C17H26Cl2N4O2. The third-order valence-electron chi connectivity index (χ3n) is 5.15. The van der Waals surface area contributed by atoms with Gasteiger partial charge >= 0.3 is 0 Å². The van der Waals surface area contributed by atoms with Crippen molar-refractivity contribution >= 4 is 36.5 Å². The summed E-state index contributed by atoms with van der Waals surface area (Å²) >= 11 is 0. The molecule has 3 saturated heterocycles. The van der Waals surface area contributed by atoms with Gasteiger partial charge in [-0.25, -0.2) is 4.98 Å². The van der Waals surface area contributed by atoms with Gasteiger partial charge in [0.15, 0.2) is 0 Å². The molecule has 0 spiro atoms. The number of hydrogen-bond acceptors (Lipinski definition) is 5. The van der Waals surface area contributed by atoms with Crippen molar-refractivity contribution in [1.82, 2.24) is 15.6 Å². The van der Waals surface area contributed by atoms with Crippen molar-refractivity contribution in [3.8, 4) is 0 Å². The van der Waals surface area contributed by atoms with Gasteiger partial charge in [-0.05, 0) is 37.8 Å². The normalized spacial score (nSPS) is 27.8. The fourth-order valence-corrected chi connectivity index (χ4v) is 4.04. The van der Waals surface area contributed by atoms with Crippen LogP contribution in [0.25, 0.3) is 0 Å². The summed E-state index contributed by atoms with van der Waals surface area (Å²) in [7, 11) is 0. The maximum atomic E-state index is 12.8. The number of rotatable bonds is 3. The lowest BCUT2D eigenvalue weighted by Crippen LogP contribution is -2.48. The molecule has 2 N–H and O–H groups in total. The van der Waals surface area contributed by atoms with E-state index in [0.29, 0.717) is 30.9 Å². The zero-order valence-corrected chi connectivity index (χ0v) is 15.8. The molecule has 3 aliphatic rings. The highest BCUT2D eigenvalue weighted by Gasteiger charge is 2.34. The lowest BCUT2D eigenvalue weighted by molar-refractivity contribution is 0.0922. The Hall–Kier alpha value is -1.08. The maximum Gasteiger partial charge on any atom is 0.255 e. The van der Waals surface area contributed by atoms with Crippen molar-refractivity contribution in [2.75, 3.05) is 31.2 Å². The number of nitrogens with one attached hydrogen (secondary N) is 2. The highest BCUT2D eigenvalue weighted by molar-refractivity contribution is 5.99. The van der Waals surface area contributed by atoms with Crippen LogP contribution in [-0.2, 0) is 4.74 Å². The van der Waals surface area contributed by atoms with Crippen molar-refractivity contribution in [3.63, 3.8) is 0 Å². The molecule has 140 valence electrons. The fourth-order valence-electron chi connectivity index (χ4n) is 4.04. The molecule has 0 radical (unpaired) electrons. The van der Waals surface area contributed by atoms with Crippen LogP contribution in [0.5, 0.6) is 0 Å². The SMILES string of the molecule is Cl.Cl.O=C(NC1CC2CCC(C1)N2)c1cccnc1N1CCOCC1. The van der Waals surface area contributed by atoms with Gasteiger partial charge < -0.3 is 20.3 Å². The van der Waals surface area contributed by atoms with Crippen molar-refractivity contribution in [1.29, 1.82) is 0 Å². The number of amides is 1. The summed E-state index contributed by atoms with van der Waals surface area (Å²) < 4.78 is 5.40. The molecule has 4 heterocycles. The van der Waals surface area contributed by atoms with Crippen LogP contribution in [0.3, 0.4) is 0 Å². The first kappa shape index (κ1) is 20.2. The third kappa shape index (κ3) is 4.56. The smallest absolute Gasteiger partial charge is 0.255 e. The first-order chi connectivity index (χ1) is 11.3. The van der Waals surface area contributed by atoms with Gasteiger partial charge in [-0.2, -0.15) is 0 Å². The van der Waals surface area contributed by atoms with Gasteiger partial charge in [0.1, 0.15) is 5.82 Å². The van der Waals surface area contributed by atoms with Crippen molar-refractivity contribution in [2.24, 2.45) is 0 Å². The van der Waals surface area contributed by atoms with E-state index in [0.717, 1.165) is 31.7 Å². The second-order valence-electron chi connectivity index (χ2n) is 6.75. The van der Waals surface area contributed by atoms with Gasteiger partial charge in [-0.3, -0.25) is 4.79 Å². The van der Waals surface area contributed by atoms with Crippen LogP contribution in [-0.4, -0.2) is 55.3 Å². The minimum atomic E-state index is 0. The average Bonchev–Trinajstić information content (AvgIpc) is 2.94. The molecule has 2 atom stereocenters. The molecule has 4 rings (SSSR count). The summed E-state index contributed by atoms with van der Waals surface area (Å²) in [6.07, 6.45) is 6.31. The number of piperidine rings is 1. The Morgan fingerprint density at radius 2 is 1.88 bits per heavy atom. The summed E-state index contributed by atoms with van der Waals surface area (Å²) in [5.41, 5.74) is 0.681. The van der Waals surface area contributed by atoms with E-state index < -0.39 is 0 Å². The second-order valence-corrected chi connectivity index (χ2v) is 6.75. The Morgan fingerprint density at radius 3 is 2.56 bits per heavy atom. The first-order valence-electron chi connectivity index (χ1n) is 8.64. The highest BCUT2D eigenvalue weighted by atomic mass is 35.5. The molecule has 2 unspecified atom stereocenters. The van der Waals surface area contributed by atoms with Crippen LogP contribution < -0.4 is 15.5 Å². The van der Waals surface area contributed by atoms with E-state index in [1.54, 1.807) is 6.20 Å². The lowest BCUT2D eigenvalue weighted by atomic mass is 9.99. The maximum absolute atomic E-state index is 12.8. The van der Waals surface area contributed by atoms with Crippen molar-refractivity contribution in [2.45, 2.75) is 43.8 Å². The first-order valence-corrected chi connectivity index (χ1v) is 8.64. The number of fused-ring (bicyclic) bond motifs is 2. The fraction of sp³-hybridized carbons (Fsp3) is 0.647. The second kappa shape index (κ2) is 9.03. The summed E-state index contributed by atoms with van der Waals surface area (Å²) in [6.45, 7) is 2.95.